The lowest BCUT2D eigenvalue weighted by Gasteiger charge is -2.11. The van der Waals surface area contributed by atoms with Crippen molar-refractivity contribution in [2.45, 2.75) is 32.9 Å². The Morgan fingerprint density at radius 3 is 2.45 bits per heavy atom. The third-order valence-corrected chi connectivity index (χ3v) is 5.18. The molecule has 148 valence electrons. The molecule has 1 unspecified atom stereocenters. The van der Waals surface area contributed by atoms with Crippen molar-refractivity contribution in [2.75, 3.05) is 5.73 Å². The average molecular weight is 409 g/mol. The molecule has 2 heterocycles. The lowest BCUT2D eigenvalue weighted by molar-refractivity contribution is 0.0338. The van der Waals surface area contributed by atoms with Crippen molar-refractivity contribution < 1.29 is 9.53 Å². The Labute approximate surface area is 173 Å². The number of nitrogens with two attached hydrogens (primary N) is 1. The summed E-state index contributed by atoms with van der Waals surface area (Å²) in [6.07, 6.45) is 0.494. The topological polar surface area (TPSA) is 83.0 Å². The SMILES string of the molecule is CCC(C)OC(=O)c1c(N)n(Cc2ccc(Cl)cc2)c2nc3ccccc3nc12. The molecule has 4 rings (SSSR count). The number of nitrogens with zero attached hydrogens (tertiary/aromatic N) is 3. The Morgan fingerprint density at radius 2 is 1.79 bits per heavy atom. The van der Waals surface area contributed by atoms with Gasteiger partial charge in [0.2, 0.25) is 0 Å². The van der Waals surface area contributed by atoms with E-state index >= 15 is 0 Å². The second-order valence-corrected chi connectivity index (χ2v) is 7.42. The van der Waals surface area contributed by atoms with Gasteiger partial charge in [-0.05, 0) is 43.2 Å². The first-order chi connectivity index (χ1) is 14.0. The van der Waals surface area contributed by atoms with Gasteiger partial charge in [-0.25, -0.2) is 14.8 Å². The summed E-state index contributed by atoms with van der Waals surface area (Å²) in [5, 5.41) is 0.655. The molecule has 0 amide bonds. The number of para-hydroxylation sites is 2. The van der Waals surface area contributed by atoms with E-state index in [1.165, 1.54) is 0 Å². The molecule has 0 saturated carbocycles. The van der Waals surface area contributed by atoms with Crippen LogP contribution in [-0.2, 0) is 11.3 Å². The molecule has 2 aromatic heterocycles. The number of hydrogen-bond donors (Lipinski definition) is 1. The minimum atomic E-state index is -0.485. The highest BCUT2D eigenvalue weighted by atomic mass is 35.5. The van der Waals surface area contributed by atoms with Crippen LogP contribution in [0.3, 0.4) is 0 Å². The largest absolute Gasteiger partial charge is 0.459 e. The zero-order valence-electron chi connectivity index (χ0n) is 16.2. The highest BCUT2D eigenvalue weighted by Crippen LogP contribution is 2.30. The van der Waals surface area contributed by atoms with Crippen molar-refractivity contribution in [3.63, 3.8) is 0 Å². The van der Waals surface area contributed by atoms with Crippen LogP contribution in [0.1, 0.15) is 36.2 Å². The van der Waals surface area contributed by atoms with E-state index < -0.39 is 5.97 Å². The quantitative estimate of drug-likeness (QED) is 0.478. The molecule has 7 heteroatoms. The van der Waals surface area contributed by atoms with Gasteiger partial charge < -0.3 is 15.0 Å². The molecule has 4 aromatic rings. The van der Waals surface area contributed by atoms with Gasteiger partial charge in [0.1, 0.15) is 16.9 Å². The Morgan fingerprint density at radius 1 is 1.14 bits per heavy atom. The molecule has 0 aliphatic rings. The molecule has 0 spiro atoms. The van der Waals surface area contributed by atoms with Gasteiger partial charge in [-0.3, -0.25) is 0 Å². The third-order valence-electron chi connectivity index (χ3n) is 4.93. The van der Waals surface area contributed by atoms with E-state index in [2.05, 4.69) is 4.98 Å². The van der Waals surface area contributed by atoms with E-state index in [9.17, 15) is 4.79 Å². The summed E-state index contributed by atoms with van der Waals surface area (Å²) in [5.41, 5.74) is 10.1. The number of hydrogen-bond acceptors (Lipinski definition) is 5. The maximum Gasteiger partial charge on any atom is 0.344 e. The first-order valence-electron chi connectivity index (χ1n) is 9.47. The molecule has 1 atom stereocenters. The number of fused-ring (bicyclic) bond motifs is 2. The van der Waals surface area contributed by atoms with E-state index in [0.29, 0.717) is 40.5 Å². The van der Waals surface area contributed by atoms with E-state index in [1.807, 2.05) is 62.4 Å². The molecule has 0 bridgehead atoms. The Bertz CT molecular complexity index is 1200. The van der Waals surface area contributed by atoms with Crippen LogP contribution in [0.25, 0.3) is 22.2 Å². The summed E-state index contributed by atoms with van der Waals surface area (Å²) in [4.78, 5) is 22.3. The predicted molar refractivity (Wildman–Crippen MR) is 115 cm³/mol. The number of benzene rings is 2. The van der Waals surface area contributed by atoms with Crippen molar-refractivity contribution >= 4 is 45.6 Å². The average Bonchev–Trinajstić information content (AvgIpc) is 2.98. The Hall–Kier alpha value is -3.12. The molecular weight excluding hydrogens is 388 g/mol. The summed E-state index contributed by atoms with van der Waals surface area (Å²) < 4.78 is 7.35. The van der Waals surface area contributed by atoms with Crippen molar-refractivity contribution in [1.29, 1.82) is 0 Å². The van der Waals surface area contributed by atoms with Crippen LogP contribution >= 0.6 is 11.6 Å². The number of carbonyl (C=O) groups is 1. The second kappa shape index (κ2) is 7.72. The molecule has 0 saturated heterocycles. The van der Waals surface area contributed by atoms with Crippen LogP contribution in [0.2, 0.25) is 5.02 Å². The van der Waals surface area contributed by atoms with Crippen LogP contribution in [-0.4, -0.2) is 26.6 Å². The summed E-state index contributed by atoms with van der Waals surface area (Å²) in [7, 11) is 0. The Kier molecular flexibility index (Phi) is 5.11. The summed E-state index contributed by atoms with van der Waals surface area (Å²) in [6, 6.07) is 15.0. The van der Waals surface area contributed by atoms with Crippen molar-refractivity contribution in [1.82, 2.24) is 14.5 Å². The van der Waals surface area contributed by atoms with Crippen LogP contribution in [0.5, 0.6) is 0 Å². The normalized spacial score (nSPS) is 12.4. The molecule has 29 heavy (non-hydrogen) atoms. The first-order valence-corrected chi connectivity index (χ1v) is 9.85. The second-order valence-electron chi connectivity index (χ2n) is 6.98. The van der Waals surface area contributed by atoms with E-state index in [0.717, 1.165) is 11.1 Å². The van der Waals surface area contributed by atoms with Crippen LogP contribution < -0.4 is 5.73 Å². The first kappa shape index (κ1) is 19.2. The minimum absolute atomic E-state index is 0.218. The maximum absolute atomic E-state index is 12.9. The van der Waals surface area contributed by atoms with E-state index in [1.54, 1.807) is 4.57 Å². The van der Waals surface area contributed by atoms with Gasteiger partial charge in [-0.1, -0.05) is 42.8 Å². The summed E-state index contributed by atoms with van der Waals surface area (Å²) in [6.45, 7) is 4.24. The predicted octanol–water partition coefficient (Wildman–Crippen LogP) is 4.82. The van der Waals surface area contributed by atoms with Gasteiger partial charge in [0, 0.05) is 5.02 Å². The lowest BCUT2D eigenvalue weighted by atomic mass is 10.2. The fourth-order valence-corrected chi connectivity index (χ4v) is 3.30. The number of halogens is 1. The summed E-state index contributed by atoms with van der Waals surface area (Å²) in [5.74, 6) is -0.195. The van der Waals surface area contributed by atoms with Crippen molar-refractivity contribution in [3.8, 4) is 0 Å². The molecule has 0 fully saturated rings. The number of rotatable bonds is 5. The van der Waals surface area contributed by atoms with E-state index in [4.69, 9.17) is 27.1 Å². The van der Waals surface area contributed by atoms with Gasteiger partial charge >= 0.3 is 5.97 Å². The Balaban J connectivity index is 1.91. The highest BCUT2D eigenvalue weighted by Gasteiger charge is 2.26. The van der Waals surface area contributed by atoms with Gasteiger partial charge in [0.15, 0.2) is 5.65 Å². The number of nitrogen functional groups attached to an aromatic ring is 1. The molecule has 2 aromatic carbocycles. The maximum atomic E-state index is 12.9. The zero-order chi connectivity index (χ0) is 20.5. The number of esters is 1. The zero-order valence-corrected chi connectivity index (χ0v) is 17.0. The molecule has 6 nitrogen and oxygen atoms in total. The van der Waals surface area contributed by atoms with E-state index in [-0.39, 0.29) is 11.7 Å². The van der Waals surface area contributed by atoms with Gasteiger partial charge in [-0.2, -0.15) is 0 Å². The fourth-order valence-electron chi connectivity index (χ4n) is 3.18. The number of ether oxygens (including phenoxy) is 1. The van der Waals surface area contributed by atoms with Gasteiger partial charge in [-0.15, -0.1) is 0 Å². The molecule has 0 aliphatic carbocycles. The number of carbonyl (C=O) groups excluding carboxylic acids is 1. The molecule has 0 radical (unpaired) electrons. The smallest absolute Gasteiger partial charge is 0.344 e. The third kappa shape index (κ3) is 3.63. The highest BCUT2D eigenvalue weighted by molar-refractivity contribution is 6.30. The number of aromatic nitrogens is 3. The molecule has 2 N–H and O–H groups in total. The lowest BCUT2D eigenvalue weighted by Crippen LogP contribution is -2.16. The minimum Gasteiger partial charge on any atom is -0.459 e. The van der Waals surface area contributed by atoms with Gasteiger partial charge in [0.05, 0.1) is 23.7 Å². The van der Waals surface area contributed by atoms with Crippen LogP contribution in [0, 0.1) is 0 Å². The standard InChI is InChI=1S/C22H21ClN4O2/c1-3-13(2)29-22(28)18-19-21(26-17-7-5-4-6-16(17)25-19)27(20(18)24)12-14-8-10-15(23)11-9-14/h4-11,13H,3,12,24H2,1-2H3. The monoisotopic (exact) mass is 408 g/mol. The van der Waals surface area contributed by atoms with Crippen molar-refractivity contribution in [2.24, 2.45) is 0 Å². The van der Waals surface area contributed by atoms with Gasteiger partial charge in [0.25, 0.3) is 0 Å². The molecular formula is C22H21ClN4O2. The van der Waals surface area contributed by atoms with Crippen molar-refractivity contribution in [3.05, 3.63) is 64.7 Å². The molecule has 0 aliphatic heterocycles. The number of anilines is 1. The summed E-state index contributed by atoms with van der Waals surface area (Å²) >= 11 is 6.00. The van der Waals surface area contributed by atoms with Crippen LogP contribution in [0.4, 0.5) is 5.82 Å². The van der Waals surface area contributed by atoms with Crippen LogP contribution in [0.15, 0.2) is 48.5 Å². The fraction of sp³-hybridized carbons (Fsp3) is 0.227.